The van der Waals surface area contributed by atoms with Gasteiger partial charge in [-0.3, -0.25) is 13.5 Å². The summed E-state index contributed by atoms with van der Waals surface area (Å²) in [6.45, 7) is -0.515. The summed E-state index contributed by atoms with van der Waals surface area (Å²) < 4.78 is 70.3. The first-order valence-corrected chi connectivity index (χ1v) is 11.7. The van der Waals surface area contributed by atoms with Crippen LogP contribution in [-0.4, -0.2) is 31.4 Å². The first-order chi connectivity index (χ1) is 16.6. The molecule has 1 aliphatic carbocycles. The monoisotopic (exact) mass is 505 g/mol. The fraction of sp³-hybridized carbons (Fsp3) is 0.250. The molecule has 0 saturated carbocycles. The van der Waals surface area contributed by atoms with Crippen molar-refractivity contribution in [2.75, 3.05) is 10.9 Å². The van der Waals surface area contributed by atoms with Crippen molar-refractivity contribution in [3.05, 3.63) is 77.5 Å². The number of benzene rings is 2. The van der Waals surface area contributed by atoms with E-state index in [-0.39, 0.29) is 16.9 Å². The lowest BCUT2D eigenvalue weighted by Crippen LogP contribution is -2.33. The second-order valence-corrected chi connectivity index (χ2v) is 8.77. The third kappa shape index (κ3) is 5.46. The van der Waals surface area contributed by atoms with Gasteiger partial charge in [0.25, 0.3) is 0 Å². The highest BCUT2D eigenvalue weighted by molar-refractivity contribution is 7.80. The smallest absolute Gasteiger partial charge is 0.416 e. The number of carboxylic acids is 1. The average Bonchev–Trinajstić information content (AvgIpc) is 2.83. The van der Waals surface area contributed by atoms with E-state index in [1.165, 1.54) is 34.8 Å². The lowest BCUT2D eigenvalue weighted by atomic mass is 9.87. The Bertz CT molecular complexity index is 1250. The highest BCUT2D eigenvalue weighted by atomic mass is 32.2. The van der Waals surface area contributed by atoms with Gasteiger partial charge in [-0.25, -0.2) is 4.79 Å². The van der Waals surface area contributed by atoms with E-state index in [2.05, 4.69) is 4.98 Å². The number of ether oxygens (including phenoxy) is 1. The van der Waals surface area contributed by atoms with E-state index in [1.54, 1.807) is 18.2 Å². The van der Waals surface area contributed by atoms with Gasteiger partial charge >= 0.3 is 12.1 Å². The number of fused-ring (bicyclic) bond motifs is 1. The molecule has 0 amide bonds. The van der Waals surface area contributed by atoms with Crippen LogP contribution in [0, 0.1) is 0 Å². The van der Waals surface area contributed by atoms with Gasteiger partial charge in [-0.1, -0.05) is 24.3 Å². The van der Waals surface area contributed by atoms with Crippen molar-refractivity contribution < 1.29 is 36.6 Å². The van der Waals surface area contributed by atoms with Gasteiger partial charge in [0.15, 0.2) is 6.61 Å². The molecule has 0 radical (unpaired) electrons. The standard InChI is InChI=1S/C24H21F3N2O5S/c25-24(26,27)16-5-1-4-15(12-16)20-11-10-17(13-28-20)29(35(32)33)21-8-2-7-19-18(21)6-3-9-22(19)34-14-23(30)31/h1,3-6,9-13,21H,2,7-8,14H2,(H,30,31)(H,32,33)/p-1. The zero-order valence-corrected chi connectivity index (χ0v) is 19.0. The van der Waals surface area contributed by atoms with E-state index in [1.807, 2.05) is 0 Å². The van der Waals surface area contributed by atoms with Crippen LogP contribution in [0.2, 0.25) is 0 Å². The Labute approximate surface area is 201 Å². The number of nitrogens with zero attached hydrogens (tertiary/aromatic N) is 2. The van der Waals surface area contributed by atoms with Gasteiger partial charge in [-0.2, -0.15) is 13.2 Å². The number of aliphatic carboxylic acids is 1. The third-order valence-electron chi connectivity index (χ3n) is 5.72. The molecule has 184 valence electrons. The predicted molar refractivity (Wildman–Crippen MR) is 121 cm³/mol. The number of rotatable bonds is 7. The molecule has 0 bridgehead atoms. The first kappa shape index (κ1) is 24.7. The fourth-order valence-corrected chi connectivity index (χ4v) is 4.93. The van der Waals surface area contributed by atoms with Gasteiger partial charge < -0.3 is 14.4 Å². The minimum atomic E-state index is -4.49. The lowest BCUT2D eigenvalue weighted by Gasteiger charge is -2.38. The minimum Gasteiger partial charge on any atom is -0.755 e. The molecule has 0 saturated heterocycles. The second kappa shape index (κ2) is 10.0. The van der Waals surface area contributed by atoms with Crippen LogP contribution in [0.1, 0.15) is 35.6 Å². The van der Waals surface area contributed by atoms with Gasteiger partial charge in [0, 0.05) is 16.8 Å². The number of aromatic nitrogens is 1. The quantitative estimate of drug-likeness (QED) is 0.458. The topological polar surface area (TPSA) is 103 Å². The molecule has 1 heterocycles. The molecule has 0 aliphatic heterocycles. The maximum absolute atomic E-state index is 13.1. The van der Waals surface area contributed by atoms with Crippen molar-refractivity contribution in [3.8, 4) is 17.0 Å². The van der Waals surface area contributed by atoms with E-state index in [0.717, 1.165) is 17.7 Å². The summed E-state index contributed by atoms with van der Waals surface area (Å²) in [5.74, 6) is -0.728. The van der Waals surface area contributed by atoms with Crippen molar-refractivity contribution in [2.24, 2.45) is 0 Å². The number of carbonyl (C=O) groups is 1. The van der Waals surface area contributed by atoms with E-state index < -0.39 is 41.6 Å². The van der Waals surface area contributed by atoms with Crippen molar-refractivity contribution >= 4 is 22.9 Å². The van der Waals surface area contributed by atoms with Crippen molar-refractivity contribution in [2.45, 2.75) is 31.5 Å². The SMILES string of the molecule is O=C(O)COc1cccc2c1CCCC2N(c1ccc(-c2cccc(C(F)(F)F)c2)nc1)S(=O)[O-]. The van der Waals surface area contributed by atoms with Gasteiger partial charge in [0.2, 0.25) is 0 Å². The number of hydrogen-bond acceptors (Lipinski definition) is 5. The molecule has 1 aromatic heterocycles. The molecule has 2 atom stereocenters. The van der Waals surface area contributed by atoms with Crippen LogP contribution in [0.25, 0.3) is 11.3 Å². The molecule has 1 N–H and O–H groups in total. The number of anilines is 1. The van der Waals surface area contributed by atoms with E-state index >= 15 is 0 Å². The molecule has 35 heavy (non-hydrogen) atoms. The van der Waals surface area contributed by atoms with E-state index in [9.17, 15) is 26.7 Å². The summed E-state index contributed by atoms with van der Waals surface area (Å²) in [6.07, 6.45) is -1.42. The number of pyridine rings is 1. The van der Waals surface area contributed by atoms with Crippen LogP contribution < -0.4 is 9.04 Å². The summed E-state index contributed by atoms with van der Waals surface area (Å²) in [5.41, 5.74) is 1.42. The van der Waals surface area contributed by atoms with Crippen LogP contribution in [0.15, 0.2) is 60.8 Å². The molecule has 7 nitrogen and oxygen atoms in total. The van der Waals surface area contributed by atoms with Crippen LogP contribution >= 0.6 is 0 Å². The molecule has 2 unspecified atom stereocenters. The fourth-order valence-electron chi connectivity index (χ4n) is 4.22. The third-order valence-corrected chi connectivity index (χ3v) is 6.50. The Hall–Kier alpha value is -3.44. The number of alkyl halides is 3. The summed E-state index contributed by atoms with van der Waals surface area (Å²) in [6, 6.07) is 12.2. The highest BCUT2D eigenvalue weighted by Gasteiger charge is 2.31. The number of hydrogen-bond donors (Lipinski definition) is 1. The highest BCUT2D eigenvalue weighted by Crippen LogP contribution is 2.41. The summed E-state index contributed by atoms with van der Waals surface area (Å²) in [5, 5.41) is 8.92. The van der Waals surface area contributed by atoms with E-state index in [0.29, 0.717) is 30.6 Å². The zero-order chi connectivity index (χ0) is 25.2. The Morgan fingerprint density at radius 2 is 1.97 bits per heavy atom. The Balaban J connectivity index is 1.66. The largest absolute Gasteiger partial charge is 0.755 e. The van der Waals surface area contributed by atoms with Crippen LogP contribution in [0.4, 0.5) is 18.9 Å². The number of carboxylic acid groups (broad SMARTS) is 1. The number of halogens is 3. The molecular formula is C24H20F3N2O5S-. The first-order valence-electron chi connectivity index (χ1n) is 10.6. The molecule has 0 fully saturated rings. The van der Waals surface area contributed by atoms with Gasteiger partial charge in [0.05, 0.1) is 29.2 Å². The van der Waals surface area contributed by atoms with Crippen LogP contribution in [0.5, 0.6) is 5.75 Å². The maximum Gasteiger partial charge on any atom is 0.416 e. The average molecular weight is 505 g/mol. The van der Waals surface area contributed by atoms with E-state index in [4.69, 9.17) is 9.84 Å². The summed E-state index contributed by atoms with van der Waals surface area (Å²) >= 11 is -2.68. The van der Waals surface area contributed by atoms with Gasteiger partial charge in [-0.15, -0.1) is 0 Å². The molecule has 11 heteroatoms. The maximum atomic E-state index is 13.1. The molecule has 4 rings (SSSR count). The summed E-state index contributed by atoms with van der Waals surface area (Å²) in [4.78, 5) is 15.1. The second-order valence-electron chi connectivity index (χ2n) is 7.94. The summed E-state index contributed by atoms with van der Waals surface area (Å²) in [7, 11) is 0. The minimum absolute atomic E-state index is 0.253. The van der Waals surface area contributed by atoms with Gasteiger partial charge in [0.1, 0.15) is 5.75 Å². The molecule has 3 aromatic rings. The van der Waals surface area contributed by atoms with Crippen LogP contribution in [-0.2, 0) is 28.7 Å². The molecule has 1 aliphatic rings. The van der Waals surface area contributed by atoms with Crippen molar-refractivity contribution in [1.82, 2.24) is 4.98 Å². The Morgan fingerprint density at radius 1 is 1.20 bits per heavy atom. The van der Waals surface area contributed by atoms with Crippen molar-refractivity contribution in [1.29, 1.82) is 0 Å². The normalized spacial score (nSPS) is 16.3. The molecular weight excluding hydrogens is 485 g/mol. The Kier molecular flexibility index (Phi) is 7.08. The van der Waals surface area contributed by atoms with Gasteiger partial charge in [-0.05, 0) is 60.7 Å². The zero-order valence-electron chi connectivity index (χ0n) is 18.2. The predicted octanol–water partition coefficient (Wildman–Crippen LogP) is 4.91. The molecule has 0 spiro atoms. The lowest BCUT2D eigenvalue weighted by molar-refractivity contribution is -0.139. The van der Waals surface area contributed by atoms with Crippen molar-refractivity contribution in [3.63, 3.8) is 0 Å². The Morgan fingerprint density at radius 3 is 2.63 bits per heavy atom. The van der Waals surface area contributed by atoms with Crippen LogP contribution in [0.3, 0.4) is 0 Å². The molecule has 2 aromatic carbocycles.